The standard InChI is InChI=1S/C15H22F4N2/c1-4-12(20)7-11-5-6-14(13(16)8-11)21(10(2)3)9-15(17,18)19/h5-6,8,10,12H,4,7,9,20H2,1-3H3. The Morgan fingerprint density at radius 2 is 1.86 bits per heavy atom. The van der Waals surface area contributed by atoms with Crippen molar-refractivity contribution in [2.24, 2.45) is 5.73 Å². The normalized spacial score (nSPS) is 13.6. The first-order valence-electron chi connectivity index (χ1n) is 7.01. The molecule has 2 nitrogen and oxygen atoms in total. The van der Waals surface area contributed by atoms with Gasteiger partial charge in [-0.15, -0.1) is 0 Å². The third kappa shape index (κ3) is 5.53. The van der Waals surface area contributed by atoms with Crippen molar-refractivity contribution >= 4 is 5.69 Å². The van der Waals surface area contributed by atoms with Crippen molar-refractivity contribution < 1.29 is 17.6 Å². The lowest BCUT2D eigenvalue weighted by Gasteiger charge is -2.30. The summed E-state index contributed by atoms with van der Waals surface area (Å²) in [6.45, 7) is 3.97. The van der Waals surface area contributed by atoms with Gasteiger partial charge in [0, 0.05) is 12.1 Å². The first-order valence-corrected chi connectivity index (χ1v) is 7.01. The van der Waals surface area contributed by atoms with Gasteiger partial charge in [-0.25, -0.2) is 4.39 Å². The molecule has 0 saturated heterocycles. The molecule has 1 aromatic carbocycles. The van der Waals surface area contributed by atoms with E-state index in [9.17, 15) is 17.6 Å². The number of halogens is 4. The van der Waals surface area contributed by atoms with Gasteiger partial charge in [0.25, 0.3) is 0 Å². The molecule has 0 aromatic heterocycles. The van der Waals surface area contributed by atoms with Gasteiger partial charge in [0.05, 0.1) is 5.69 Å². The maximum absolute atomic E-state index is 14.1. The number of nitrogens with two attached hydrogens (primary N) is 1. The van der Waals surface area contributed by atoms with E-state index in [0.717, 1.165) is 11.3 Å². The quantitative estimate of drug-likeness (QED) is 0.808. The SMILES string of the molecule is CCC(N)Cc1ccc(N(CC(F)(F)F)C(C)C)c(F)c1. The van der Waals surface area contributed by atoms with Gasteiger partial charge in [0.15, 0.2) is 0 Å². The van der Waals surface area contributed by atoms with Crippen LogP contribution in [-0.2, 0) is 6.42 Å². The molecule has 0 aliphatic rings. The van der Waals surface area contributed by atoms with E-state index >= 15 is 0 Å². The molecule has 1 aromatic rings. The van der Waals surface area contributed by atoms with E-state index in [0.29, 0.717) is 12.0 Å². The van der Waals surface area contributed by atoms with Crippen LogP contribution in [0.4, 0.5) is 23.2 Å². The highest BCUT2D eigenvalue weighted by atomic mass is 19.4. The average Bonchev–Trinajstić information content (AvgIpc) is 2.35. The number of hydrogen-bond donors (Lipinski definition) is 1. The monoisotopic (exact) mass is 306 g/mol. The summed E-state index contributed by atoms with van der Waals surface area (Å²) in [5, 5.41) is 0. The largest absolute Gasteiger partial charge is 0.405 e. The van der Waals surface area contributed by atoms with Gasteiger partial charge in [-0.3, -0.25) is 0 Å². The van der Waals surface area contributed by atoms with Gasteiger partial charge >= 0.3 is 6.18 Å². The summed E-state index contributed by atoms with van der Waals surface area (Å²) >= 11 is 0. The Kier molecular flexibility index (Phi) is 6.01. The summed E-state index contributed by atoms with van der Waals surface area (Å²) in [5.74, 6) is -0.645. The Labute approximate surface area is 122 Å². The van der Waals surface area contributed by atoms with Crippen LogP contribution < -0.4 is 10.6 Å². The lowest BCUT2D eigenvalue weighted by molar-refractivity contribution is -0.120. The van der Waals surface area contributed by atoms with Crippen molar-refractivity contribution in [2.45, 2.75) is 51.9 Å². The fourth-order valence-corrected chi connectivity index (χ4v) is 2.10. The van der Waals surface area contributed by atoms with Gasteiger partial charge in [0.1, 0.15) is 12.4 Å². The molecule has 0 amide bonds. The Morgan fingerprint density at radius 3 is 2.29 bits per heavy atom. The van der Waals surface area contributed by atoms with Gasteiger partial charge in [0.2, 0.25) is 0 Å². The van der Waals surface area contributed by atoms with Crippen molar-refractivity contribution in [3.05, 3.63) is 29.6 Å². The van der Waals surface area contributed by atoms with Crippen molar-refractivity contribution in [3.63, 3.8) is 0 Å². The molecular weight excluding hydrogens is 284 g/mol. The molecule has 0 spiro atoms. The van der Waals surface area contributed by atoms with Crippen molar-refractivity contribution in [1.82, 2.24) is 0 Å². The van der Waals surface area contributed by atoms with E-state index in [-0.39, 0.29) is 11.7 Å². The molecule has 0 bridgehead atoms. The van der Waals surface area contributed by atoms with Crippen molar-refractivity contribution in [2.75, 3.05) is 11.4 Å². The molecule has 0 saturated carbocycles. The van der Waals surface area contributed by atoms with Gasteiger partial charge in [-0.1, -0.05) is 13.0 Å². The summed E-state index contributed by atoms with van der Waals surface area (Å²) in [7, 11) is 0. The molecule has 6 heteroatoms. The summed E-state index contributed by atoms with van der Waals surface area (Å²) < 4.78 is 51.9. The van der Waals surface area contributed by atoms with Gasteiger partial charge in [-0.05, 0) is 44.4 Å². The average molecular weight is 306 g/mol. The lowest BCUT2D eigenvalue weighted by Crippen LogP contribution is -2.39. The van der Waals surface area contributed by atoms with Crippen molar-refractivity contribution in [3.8, 4) is 0 Å². The second-order valence-corrected chi connectivity index (χ2v) is 5.50. The summed E-state index contributed by atoms with van der Waals surface area (Å²) in [6, 6.07) is 3.78. The summed E-state index contributed by atoms with van der Waals surface area (Å²) in [6.07, 6.45) is -3.11. The van der Waals surface area contributed by atoms with Crippen LogP contribution in [-0.4, -0.2) is 24.8 Å². The van der Waals surface area contributed by atoms with E-state index in [2.05, 4.69) is 0 Å². The highest BCUT2D eigenvalue weighted by molar-refractivity contribution is 5.50. The molecule has 1 rings (SSSR count). The maximum atomic E-state index is 14.1. The van der Waals surface area contributed by atoms with Crippen LogP contribution in [0.5, 0.6) is 0 Å². The number of alkyl halides is 3. The van der Waals surface area contributed by atoms with Crippen LogP contribution in [0.1, 0.15) is 32.8 Å². The van der Waals surface area contributed by atoms with Gasteiger partial charge in [-0.2, -0.15) is 13.2 Å². The number of anilines is 1. The smallest absolute Gasteiger partial charge is 0.358 e. The Bertz CT molecular complexity index is 457. The molecule has 2 N–H and O–H groups in total. The second-order valence-electron chi connectivity index (χ2n) is 5.50. The zero-order chi connectivity index (χ0) is 16.2. The number of nitrogens with zero attached hydrogens (tertiary/aromatic N) is 1. The topological polar surface area (TPSA) is 29.3 Å². The zero-order valence-corrected chi connectivity index (χ0v) is 12.5. The number of rotatable bonds is 6. The molecule has 120 valence electrons. The van der Waals surface area contributed by atoms with Crippen LogP contribution in [0.2, 0.25) is 0 Å². The zero-order valence-electron chi connectivity index (χ0n) is 12.5. The molecule has 1 unspecified atom stereocenters. The summed E-state index contributed by atoms with van der Waals surface area (Å²) in [4.78, 5) is 1.01. The van der Waals surface area contributed by atoms with E-state index < -0.39 is 24.6 Å². The highest BCUT2D eigenvalue weighted by Gasteiger charge is 2.33. The van der Waals surface area contributed by atoms with E-state index in [1.807, 2.05) is 6.92 Å². The minimum atomic E-state index is -4.38. The van der Waals surface area contributed by atoms with Crippen LogP contribution in [0.25, 0.3) is 0 Å². The molecule has 0 radical (unpaired) electrons. The van der Waals surface area contributed by atoms with Crippen LogP contribution in [0, 0.1) is 5.82 Å². The Balaban J connectivity index is 3.00. The predicted octanol–water partition coefficient (Wildman–Crippen LogP) is 3.88. The van der Waals surface area contributed by atoms with Crippen LogP contribution >= 0.6 is 0 Å². The minimum Gasteiger partial charge on any atom is -0.358 e. The van der Waals surface area contributed by atoms with E-state index in [4.69, 9.17) is 5.73 Å². The first kappa shape index (κ1) is 17.8. The lowest BCUT2D eigenvalue weighted by atomic mass is 10.0. The first-order chi connectivity index (χ1) is 9.64. The molecule has 0 fully saturated rings. The predicted molar refractivity (Wildman–Crippen MR) is 76.9 cm³/mol. The van der Waals surface area contributed by atoms with Gasteiger partial charge < -0.3 is 10.6 Å². The Hall–Kier alpha value is -1.30. The minimum absolute atomic E-state index is 0.0313. The van der Waals surface area contributed by atoms with E-state index in [1.54, 1.807) is 19.9 Å². The summed E-state index contributed by atoms with van der Waals surface area (Å²) in [5.41, 5.74) is 6.47. The molecular formula is C15H22F4N2. The third-order valence-electron chi connectivity index (χ3n) is 3.32. The van der Waals surface area contributed by atoms with E-state index in [1.165, 1.54) is 12.1 Å². The number of benzene rings is 1. The highest BCUT2D eigenvalue weighted by Crippen LogP contribution is 2.27. The Morgan fingerprint density at radius 1 is 1.24 bits per heavy atom. The molecule has 21 heavy (non-hydrogen) atoms. The fourth-order valence-electron chi connectivity index (χ4n) is 2.10. The van der Waals surface area contributed by atoms with Crippen LogP contribution in [0.3, 0.4) is 0 Å². The fraction of sp³-hybridized carbons (Fsp3) is 0.600. The molecule has 0 heterocycles. The number of hydrogen-bond acceptors (Lipinski definition) is 2. The molecule has 1 atom stereocenters. The third-order valence-corrected chi connectivity index (χ3v) is 3.32. The molecule has 0 aliphatic carbocycles. The maximum Gasteiger partial charge on any atom is 0.405 e. The van der Waals surface area contributed by atoms with Crippen LogP contribution in [0.15, 0.2) is 18.2 Å². The van der Waals surface area contributed by atoms with Crippen molar-refractivity contribution in [1.29, 1.82) is 0 Å². The molecule has 0 aliphatic heterocycles. The second kappa shape index (κ2) is 7.11.